The highest BCUT2D eigenvalue weighted by Gasteiger charge is 2.15. The average Bonchev–Trinajstić information content (AvgIpc) is 2.44. The maximum Gasteiger partial charge on any atom is 0.265 e. The molecule has 1 amide bonds. The molecule has 0 aliphatic heterocycles. The minimum atomic E-state index is -0.580. The van der Waals surface area contributed by atoms with Crippen LogP contribution in [0.2, 0.25) is 0 Å². The lowest BCUT2D eigenvalue weighted by Gasteiger charge is -2.15. The Morgan fingerprint density at radius 2 is 1.85 bits per heavy atom. The van der Waals surface area contributed by atoms with Crippen LogP contribution < -0.4 is 15.8 Å². The van der Waals surface area contributed by atoms with Crippen molar-refractivity contribution in [2.45, 2.75) is 13.0 Å². The van der Waals surface area contributed by atoms with Crippen molar-refractivity contribution in [2.24, 2.45) is 0 Å². The van der Waals surface area contributed by atoms with Crippen LogP contribution in [0, 0.1) is 3.57 Å². The summed E-state index contributed by atoms with van der Waals surface area (Å²) in [5, 5.41) is 2.79. The van der Waals surface area contributed by atoms with Gasteiger partial charge in [0.2, 0.25) is 0 Å². The molecular weight excluding hydrogens is 367 g/mol. The smallest absolute Gasteiger partial charge is 0.265 e. The standard InChI is InChI=1S/C15H15IN2O2/c1-10(20-14-5-3-2-4-13(14)16)15(19)18-12-8-6-11(17)7-9-12/h2-10H,17H2,1H3,(H,18,19). The lowest BCUT2D eigenvalue weighted by atomic mass is 10.2. The summed E-state index contributed by atoms with van der Waals surface area (Å²) in [6, 6.07) is 14.6. The molecule has 2 rings (SSSR count). The van der Waals surface area contributed by atoms with Crippen LogP contribution in [0.4, 0.5) is 11.4 Å². The Bertz CT molecular complexity index is 599. The van der Waals surface area contributed by atoms with Crippen LogP contribution in [0.3, 0.4) is 0 Å². The van der Waals surface area contributed by atoms with Gasteiger partial charge in [0.15, 0.2) is 6.10 Å². The first kappa shape index (κ1) is 14.6. The second-order valence-electron chi connectivity index (χ2n) is 4.30. The number of nitrogen functional groups attached to an aromatic ring is 1. The molecule has 5 heteroatoms. The Hall–Kier alpha value is -1.76. The predicted molar refractivity (Wildman–Crippen MR) is 88.7 cm³/mol. The topological polar surface area (TPSA) is 64.3 Å². The number of halogens is 1. The van der Waals surface area contributed by atoms with Gasteiger partial charge in [0.25, 0.3) is 5.91 Å². The molecule has 0 aromatic heterocycles. The van der Waals surface area contributed by atoms with E-state index >= 15 is 0 Å². The molecule has 3 N–H and O–H groups in total. The van der Waals surface area contributed by atoms with E-state index in [1.165, 1.54) is 0 Å². The van der Waals surface area contributed by atoms with Crippen LogP contribution in [-0.4, -0.2) is 12.0 Å². The van der Waals surface area contributed by atoms with Crippen molar-refractivity contribution < 1.29 is 9.53 Å². The first-order valence-corrected chi connectivity index (χ1v) is 7.22. The number of carbonyl (C=O) groups is 1. The zero-order valence-electron chi connectivity index (χ0n) is 11.0. The summed E-state index contributed by atoms with van der Waals surface area (Å²) < 4.78 is 6.63. The van der Waals surface area contributed by atoms with Gasteiger partial charge in [-0.05, 0) is 65.9 Å². The van der Waals surface area contributed by atoms with E-state index in [0.29, 0.717) is 17.1 Å². The van der Waals surface area contributed by atoms with Gasteiger partial charge in [-0.3, -0.25) is 4.79 Å². The van der Waals surface area contributed by atoms with Crippen LogP contribution in [0.1, 0.15) is 6.92 Å². The van der Waals surface area contributed by atoms with E-state index in [0.717, 1.165) is 3.57 Å². The molecule has 104 valence electrons. The number of amides is 1. The Morgan fingerprint density at radius 1 is 1.20 bits per heavy atom. The molecule has 20 heavy (non-hydrogen) atoms. The lowest BCUT2D eigenvalue weighted by molar-refractivity contribution is -0.122. The lowest BCUT2D eigenvalue weighted by Crippen LogP contribution is -2.30. The second-order valence-corrected chi connectivity index (χ2v) is 5.46. The van der Waals surface area contributed by atoms with Crippen molar-refractivity contribution in [1.29, 1.82) is 0 Å². The summed E-state index contributed by atoms with van der Waals surface area (Å²) in [7, 11) is 0. The van der Waals surface area contributed by atoms with Crippen LogP contribution in [-0.2, 0) is 4.79 Å². The molecule has 2 aromatic rings. The molecule has 0 heterocycles. The van der Waals surface area contributed by atoms with E-state index in [1.54, 1.807) is 31.2 Å². The van der Waals surface area contributed by atoms with E-state index < -0.39 is 6.10 Å². The van der Waals surface area contributed by atoms with E-state index in [1.807, 2.05) is 24.3 Å². The van der Waals surface area contributed by atoms with E-state index in [-0.39, 0.29) is 5.91 Å². The van der Waals surface area contributed by atoms with E-state index in [2.05, 4.69) is 27.9 Å². The van der Waals surface area contributed by atoms with Gasteiger partial charge >= 0.3 is 0 Å². The number of para-hydroxylation sites is 1. The fourth-order valence-corrected chi connectivity index (χ4v) is 2.11. The van der Waals surface area contributed by atoms with Crippen LogP contribution in [0.25, 0.3) is 0 Å². The molecule has 0 aliphatic carbocycles. The summed E-state index contributed by atoms with van der Waals surface area (Å²) >= 11 is 2.17. The number of hydrogen-bond donors (Lipinski definition) is 2. The number of nitrogens with one attached hydrogen (secondary N) is 1. The van der Waals surface area contributed by atoms with Crippen molar-refractivity contribution in [3.8, 4) is 5.75 Å². The molecule has 0 spiro atoms. The molecule has 0 bridgehead atoms. The Labute approximate surface area is 131 Å². The fraction of sp³-hybridized carbons (Fsp3) is 0.133. The van der Waals surface area contributed by atoms with Gasteiger partial charge in [-0.25, -0.2) is 0 Å². The summed E-state index contributed by atoms with van der Waals surface area (Å²) in [5.41, 5.74) is 6.95. The van der Waals surface area contributed by atoms with Crippen LogP contribution in [0.15, 0.2) is 48.5 Å². The van der Waals surface area contributed by atoms with Gasteiger partial charge in [0.05, 0.1) is 3.57 Å². The van der Waals surface area contributed by atoms with Crippen molar-refractivity contribution in [2.75, 3.05) is 11.1 Å². The summed E-state index contributed by atoms with van der Waals surface area (Å²) in [5.74, 6) is 0.502. The first-order valence-electron chi connectivity index (χ1n) is 6.14. The van der Waals surface area contributed by atoms with Crippen LogP contribution in [0.5, 0.6) is 5.75 Å². The molecule has 0 saturated heterocycles. The highest BCUT2D eigenvalue weighted by Crippen LogP contribution is 2.21. The van der Waals surface area contributed by atoms with Gasteiger partial charge < -0.3 is 15.8 Å². The van der Waals surface area contributed by atoms with Gasteiger partial charge in [-0.2, -0.15) is 0 Å². The maximum absolute atomic E-state index is 12.0. The molecule has 4 nitrogen and oxygen atoms in total. The number of carbonyl (C=O) groups excluding carboxylic acids is 1. The summed E-state index contributed by atoms with van der Waals surface area (Å²) in [6.07, 6.45) is -0.580. The number of benzene rings is 2. The quantitative estimate of drug-likeness (QED) is 0.630. The van der Waals surface area contributed by atoms with Gasteiger partial charge in [0.1, 0.15) is 5.75 Å². The van der Waals surface area contributed by atoms with Gasteiger partial charge in [-0.15, -0.1) is 0 Å². The normalized spacial score (nSPS) is 11.7. The highest BCUT2D eigenvalue weighted by molar-refractivity contribution is 14.1. The Kier molecular flexibility index (Phi) is 4.84. The molecule has 0 fully saturated rings. The zero-order valence-corrected chi connectivity index (χ0v) is 13.1. The molecule has 0 radical (unpaired) electrons. The molecule has 1 unspecified atom stereocenters. The number of rotatable bonds is 4. The third kappa shape index (κ3) is 3.86. The van der Waals surface area contributed by atoms with E-state index in [9.17, 15) is 4.79 Å². The SMILES string of the molecule is CC(Oc1ccccc1I)C(=O)Nc1ccc(N)cc1. The van der Waals surface area contributed by atoms with Crippen LogP contribution >= 0.6 is 22.6 Å². The molecular formula is C15H15IN2O2. The second kappa shape index (κ2) is 6.60. The largest absolute Gasteiger partial charge is 0.480 e. The molecule has 1 atom stereocenters. The fourth-order valence-electron chi connectivity index (χ4n) is 1.59. The molecule has 2 aromatic carbocycles. The summed E-state index contributed by atoms with van der Waals surface area (Å²) in [6.45, 7) is 1.72. The predicted octanol–water partition coefficient (Wildman–Crippen LogP) is 3.28. The minimum Gasteiger partial charge on any atom is -0.480 e. The van der Waals surface area contributed by atoms with Crippen molar-refractivity contribution in [3.63, 3.8) is 0 Å². The maximum atomic E-state index is 12.0. The number of anilines is 2. The third-order valence-corrected chi connectivity index (χ3v) is 3.58. The van der Waals surface area contributed by atoms with Gasteiger partial charge in [0, 0.05) is 11.4 Å². The number of ether oxygens (including phenoxy) is 1. The van der Waals surface area contributed by atoms with Gasteiger partial charge in [-0.1, -0.05) is 12.1 Å². The third-order valence-electron chi connectivity index (χ3n) is 2.69. The van der Waals surface area contributed by atoms with E-state index in [4.69, 9.17) is 10.5 Å². The molecule has 0 saturated carbocycles. The number of hydrogen-bond acceptors (Lipinski definition) is 3. The average molecular weight is 382 g/mol. The highest BCUT2D eigenvalue weighted by atomic mass is 127. The summed E-state index contributed by atoms with van der Waals surface area (Å²) in [4.78, 5) is 12.0. The number of nitrogens with two attached hydrogens (primary N) is 1. The van der Waals surface area contributed by atoms with Crippen molar-refractivity contribution >= 4 is 39.9 Å². The van der Waals surface area contributed by atoms with Crippen molar-refractivity contribution in [3.05, 3.63) is 52.1 Å². The zero-order chi connectivity index (χ0) is 14.5. The minimum absolute atomic E-state index is 0.200. The van der Waals surface area contributed by atoms with Crippen molar-refractivity contribution in [1.82, 2.24) is 0 Å². The molecule has 0 aliphatic rings. The Morgan fingerprint density at radius 3 is 2.50 bits per heavy atom. The monoisotopic (exact) mass is 382 g/mol. The first-order chi connectivity index (χ1) is 9.56. The Balaban J connectivity index is 1.99.